The number of carbonyl (C=O) groups is 1. The van der Waals surface area contributed by atoms with E-state index < -0.39 is 0 Å². The first-order chi connectivity index (χ1) is 16.5. The van der Waals surface area contributed by atoms with Crippen LogP contribution < -0.4 is 10.6 Å². The molecule has 34 heavy (non-hydrogen) atoms. The van der Waals surface area contributed by atoms with Crippen LogP contribution in [0.1, 0.15) is 25.0 Å². The molecule has 1 amide bonds. The summed E-state index contributed by atoms with van der Waals surface area (Å²) >= 11 is 0. The number of aromatic nitrogens is 1. The molecule has 0 fully saturated rings. The average Bonchev–Trinajstić information content (AvgIpc) is 2.87. The van der Waals surface area contributed by atoms with Crippen molar-refractivity contribution in [2.75, 3.05) is 20.6 Å². The molecule has 3 aromatic rings. The number of nitrogens with one attached hydrogen (secondary N) is 3. The largest absolute Gasteiger partial charge is 0.380 e. The summed E-state index contributed by atoms with van der Waals surface area (Å²) in [6, 6.07) is 18.3. The van der Waals surface area contributed by atoms with E-state index in [1.807, 2.05) is 44.2 Å². The van der Waals surface area contributed by atoms with Crippen LogP contribution in [0.4, 0.5) is 0 Å². The number of hydrogen-bond donors (Lipinski definition) is 3. The lowest BCUT2D eigenvalue weighted by Gasteiger charge is -2.26. The Hall–Kier alpha value is -4.00. The van der Waals surface area contributed by atoms with Gasteiger partial charge in [0, 0.05) is 45.1 Å². The Morgan fingerprint density at radius 2 is 1.82 bits per heavy atom. The van der Waals surface area contributed by atoms with Gasteiger partial charge in [0.1, 0.15) is 11.7 Å². The first-order valence-electron chi connectivity index (χ1n) is 11.3. The lowest BCUT2D eigenvalue weighted by molar-refractivity contribution is -0.115. The Bertz CT molecular complexity index is 1190. The number of fused-ring (bicyclic) bond motifs is 1. The SMILES string of the molecule is CN=C(NC)/C(C(=N)N(C=O)CC(C)C)=C(/NCc1cccc2ccccc12)c1ccncc1. The van der Waals surface area contributed by atoms with E-state index >= 15 is 0 Å². The Labute approximate surface area is 201 Å². The monoisotopic (exact) mass is 456 g/mol. The molecule has 1 aromatic heterocycles. The van der Waals surface area contributed by atoms with E-state index in [2.05, 4.69) is 44.9 Å². The van der Waals surface area contributed by atoms with E-state index in [9.17, 15) is 4.79 Å². The minimum Gasteiger partial charge on any atom is -0.380 e. The third-order valence-electron chi connectivity index (χ3n) is 5.46. The summed E-state index contributed by atoms with van der Waals surface area (Å²) < 4.78 is 0. The van der Waals surface area contributed by atoms with Crippen LogP contribution in [0.5, 0.6) is 0 Å². The quantitative estimate of drug-likeness (QED) is 0.257. The first-order valence-corrected chi connectivity index (χ1v) is 11.3. The lowest BCUT2D eigenvalue weighted by atomic mass is 10.0. The van der Waals surface area contributed by atoms with Gasteiger partial charge in [-0.15, -0.1) is 0 Å². The number of pyridine rings is 1. The van der Waals surface area contributed by atoms with Crippen LogP contribution >= 0.6 is 0 Å². The van der Waals surface area contributed by atoms with E-state index in [-0.39, 0.29) is 11.8 Å². The standard InChI is InChI=1S/C27H32N6O/c1-19(2)17-33(18-34)26(28)24(27(29-3)30-4)25(21-12-14-31-15-13-21)32-16-22-10-7-9-20-8-5-6-11-23(20)22/h5-15,18-19,28,32H,16-17H2,1-4H3,(H,29,30)/b25-24+,28-26?. The molecule has 3 rings (SSSR count). The molecule has 1 heterocycles. The molecule has 0 bridgehead atoms. The molecule has 7 nitrogen and oxygen atoms in total. The number of amidine groups is 2. The van der Waals surface area contributed by atoms with Crippen molar-refractivity contribution in [2.45, 2.75) is 20.4 Å². The van der Waals surface area contributed by atoms with Gasteiger partial charge in [-0.2, -0.15) is 0 Å². The second kappa shape index (κ2) is 11.7. The van der Waals surface area contributed by atoms with Crippen LogP contribution in [0, 0.1) is 11.3 Å². The smallest absolute Gasteiger partial charge is 0.215 e. The van der Waals surface area contributed by atoms with Crippen LogP contribution in [0.15, 0.2) is 77.6 Å². The molecular weight excluding hydrogens is 424 g/mol. The summed E-state index contributed by atoms with van der Waals surface area (Å²) in [5.41, 5.74) is 3.20. The Morgan fingerprint density at radius 1 is 1.12 bits per heavy atom. The van der Waals surface area contributed by atoms with Crippen LogP contribution in [-0.2, 0) is 11.3 Å². The zero-order valence-corrected chi connectivity index (χ0v) is 20.2. The van der Waals surface area contributed by atoms with Gasteiger partial charge in [0.15, 0.2) is 0 Å². The number of likely N-dealkylation sites (N-methyl/N-ethyl adjacent to an activating group) is 1. The normalized spacial score (nSPS) is 12.3. The molecule has 0 aliphatic carbocycles. The highest BCUT2D eigenvalue weighted by molar-refractivity contribution is 6.27. The summed E-state index contributed by atoms with van der Waals surface area (Å²) in [6.07, 6.45) is 4.13. The van der Waals surface area contributed by atoms with Crippen molar-refractivity contribution >= 4 is 34.6 Å². The maximum atomic E-state index is 11.9. The number of rotatable bonds is 9. The van der Waals surface area contributed by atoms with Gasteiger partial charge in [-0.05, 0) is 34.4 Å². The van der Waals surface area contributed by atoms with Crippen molar-refractivity contribution in [3.63, 3.8) is 0 Å². The summed E-state index contributed by atoms with van der Waals surface area (Å²) in [7, 11) is 3.43. The van der Waals surface area contributed by atoms with E-state index in [1.165, 1.54) is 10.3 Å². The molecule has 0 aliphatic heterocycles. The average molecular weight is 457 g/mol. The number of nitrogens with zero attached hydrogens (tertiary/aromatic N) is 3. The zero-order valence-electron chi connectivity index (χ0n) is 20.2. The number of aliphatic imine (C=N–C) groups is 1. The molecule has 0 saturated heterocycles. The number of hydrogen-bond acceptors (Lipinski definition) is 5. The number of amides is 1. The molecule has 0 spiro atoms. The molecule has 7 heteroatoms. The van der Waals surface area contributed by atoms with Crippen molar-refractivity contribution in [1.82, 2.24) is 20.5 Å². The minimum atomic E-state index is 0.0795. The van der Waals surface area contributed by atoms with Crippen LogP contribution in [0.2, 0.25) is 0 Å². The Balaban J connectivity index is 2.15. The summed E-state index contributed by atoms with van der Waals surface area (Å²) in [5.74, 6) is 0.796. The minimum absolute atomic E-state index is 0.0795. The van der Waals surface area contributed by atoms with Gasteiger partial charge >= 0.3 is 0 Å². The highest BCUT2D eigenvalue weighted by Crippen LogP contribution is 2.23. The first kappa shape index (κ1) is 24.6. The highest BCUT2D eigenvalue weighted by Gasteiger charge is 2.24. The van der Waals surface area contributed by atoms with Crippen molar-refractivity contribution in [3.05, 3.63) is 83.7 Å². The van der Waals surface area contributed by atoms with Crippen molar-refractivity contribution in [3.8, 4) is 0 Å². The fourth-order valence-corrected chi connectivity index (χ4v) is 3.91. The van der Waals surface area contributed by atoms with E-state index in [0.29, 0.717) is 36.6 Å². The topological polar surface area (TPSA) is 93.5 Å². The highest BCUT2D eigenvalue weighted by atomic mass is 16.1. The van der Waals surface area contributed by atoms with Gasteiger partial charge in [0.05, 0.1) is 11.3 Å². The fourth-order valence-electron chi connectivity index (χ4n) is 3.91. The van der Waals surface area contributed by atoms with Crippen molar-refractivity contribution < 1.29 is 4.79 Å². The number of benzene rings is 2. The second-order valence-corrected chi connectivity index (χ2v) is 8.30. The molecular formula is C27H32N6O. The predicted octanol–water partition coefficient (Wildman–Crippen LogP) is 4.08. The maximum absolute atomic E-state index is 11.9. The van der Waals surface area contributed by atoms with E-state index in [0.717, 1.165) is 16.5 Å². The third kappa shape index (κ3) is 5.67. The lowest BCUT2D eigenvalue weighted by Crippen LogP contribution is -2.39. The van der Waals surface area contributed by atoms with E-state index in [4.69, 9.17) is 5.41 Å². The van der Waals surface area contributed by atoms with Gasteiger partial charge in [-0.25, -0.2) is 0 Å². The van der Waals surface area contributed by atoms with Gasteiger partial charge in [-0.3, -0.25) is 25.1 Å². The summed E-state index contributed by atoms with van der Waals surface area (Å²) in [6.45, 7) is 4.99. The van der Waals surface area contributed by atoms with Crippen molar-refractivity contribution in [2.24, 2.45) is 10.9 Å². The number of carbonyl (C=O) groups excluding carboxylic acids is 1. The summed E-state index contributed by atoms with van der Waals surface area (Å²) in [4.78, 5) is 21.9. The Kier molecular flexibility index (Phi) is 8.51. The molecule has 0 saturated carbocycles. The van der Waals surface area contributed by atoms with Crippen LogP contribution in [-0.4, -0.2) is 48.6 Å². The van der Waals surface area contributed by atoms with Crippen molar-refractivity contribution in [1.29, 1.82) is 5.41 Å². The van der Waals surface area contributed by atoms with Gasteiger partial charge in [0.2, 0.25) is 6.41 Å². The second-order valence-electron chi connectivity index (χ2n) is 8.30. The molecule has 0 radical (unpaired) electrons. The fraction of sp³-hybridized carbons (Fsp3) is 0.259. The van der Waals surface area contributed by atoms with Gasteiger partial charge < -0.3 is 10.6 Å². The van der Waals surface area contributed by atoms with Crippen LogP contribution in [0.25, 0.3) is 16.5 Å². The third-order valence-corrected chi connectivity index (χ3v) is 5.46. The Morgan fingerprint density at radius 3 is 2.47 bits per heavy atom. The zero-order chi connectivity index (χ0) is 24.5. The molecule has 0 atom stereocenters. The molecule has 176 valence electrons. The van der Waals surface area contributed by atoms with Crippen LogP contribution in [0.3, 0.4) is 0 Å². The summed E-state index contributed by atoms with van der Waals surface area (Å²) in [5, 5.41) is 18.0. The maximum Gasteiger partial charge on any atom is 0.215 e. The predicted molar refractivity (Wildman–Crippen MR) is 140 cm³/mol. The molecule has 0 unspecified atom stereocenters. The van der Waals surface area contributed by atoms with Gasteiger partial charge in [-0.1, -0.05) is 56.3 Å². The van der Waals surface area contributed by atoms with E-state index in [1.54, 1.807) is 26.5 Å². The molecule has 3 N–H and O–H groups in total. The van der Waals surface area contributed by atoms with Gasteiger partial charge in [0.25, 0.3) is 0 Å². The molecule has 2 aromatic carbocycles. The molecule has 0 aliphatic rings.